The predicted molar refractivity (Wildman–Crippen MR) is 55.2 cm³/mol. The van der Waals surface area contributed by atoms with Gasteiger partial charge in [0.05, 0.1) is 12.0 Å². The molecule has 2 heterocycles. The number of aromatic nitrogens is 1. The highest BCUT2D eigenvalue weighted by molar-refractivity contribution is 5.88. The van der Waals surface area contributed by atoms with Crippen LogP contribution in [0.3, 0.4) is 0 Å². The number of rotatable bonds is 0. The van der Waals surface area contributed by atoms with Gasteiger partial charge in [-0.05, 0) is 6.08 Å². The number of hydrogen-bond donors (Lipinski definition) is 0. The van der Waals surface area contributed by atoms with E-state index in [1.165, 1.54) is 0 Å². The van der Waals surface area contributed by atoms with Crippen LogP contribution < -0.4 is 4.74 Å². The van der Waals surface area contributed by atoms with Gasteiger partial charge in [0.1, 0.15) is 0 Å². The summed E-state index contributed by atoms with van der Waals surface area (Å²) >= 11 is 0. The molecule has 1 aliphatic heterocycles. The summed E-state index contributed by atoms with van der Waals surface area (Å²) < 4.78 is 5.49. The molecule has 0 saturated heterocycles. The lowest BCUT2D eigenvalue weighted by Gasteiger charge is -2.12. The van der Waals surface area contributed by atoms with Gasteiger partial charge in [-0.2, -0.15) is 0 Å². The molecule has 2 nitrogen and oxygen atoms in total. The van der Waals surface area contributed by atoms with E-state index in [1.54, 1.807) is 6.26 Å². The Kier molecular flexibility index (Phi) is 1.53. The molecular weight excluding hydrogens is 174 g/mol. The summed E-state index contributed by atoms with van der Waals surface area (Å²) in [6.07, 6.45) is 6.47. The lowest BCUT2D eigenvalue weighted by molar-refractivity contribution is 0.466. The molecule has 2 heteroatoms. The van der Waals surface area contributed by atoms with Crippen molar-refractivity contribution in [3.8, 4) is 5.75 Å². The molecule has 0 aliphatic carbocycles. The van der Waals surface area contributed by atoms with E-state index in [-0.39, 0.29) is 0 Å². The average molecular weight is 183 g/mol. The Labute approximate surface area is 81.8 Å². The maximum atomic E-state index is 5.49. The van der Waals surface area contributed by atoms with Gasteiger partial charge in [0.15, 0.2) is 5.75 Å². The smallest absolute Gasteiger partial charge is 0.156 e. The third kappa shape index (κ3) is 1.01. The highest BCUT2D eigenvalue weighted by Gasteiger charge is 2.11. The Bertz CT molecular complexity index is 517. The first-order valence-electron chi connectivity index (χ1n) is 4.63. The van der Waals surface area contributed by atoms with Crippen molar-refractivity contribution >= 4 is 10.8 Å². The minimum Gasteiger partial charge on any atom is -0.463 e. The molecule has 0 N–H and O–H groups in total. The van der Waals surface area contributed by atoms with Crippen LogP contribution in [0.15, 0.2) is 42.8 Å². The van der Waals surface area contributed by atoms with Crippen LogP contribution in [0.2, 0.25) is 0 Å². The summed E-state index contributed by atoms with van der Waals surface area (Å²) in [7, 11) is 0. The number of allylic oxidation sites excluding steroid dienone is 1. The molecule has 0 radical (unpaired) electrons. The van der Waals surface area contributed by atoms with Crippen molar-refractivity contribution < 1.29 is 4.74 Å². The fraction of sp³-hybridized carbons (Fsp3) is 0.0833. The number of nitrogens with zero attached hydrogens (tertiary/aromatic N) is 1. The number of fused-ring (bicyclic) bond motifs is 3. The molecule has 0 unspecified atom stereocenters. The van der Waals surface area contributed by atoms with Gasteiger partial charge in [-0.15, -0.1) is 0 Å². The second kappa shape index (κ2) is 2.84. The standard InChI is InChI=1S/C12H9NO/c1-2-5-10-9(4-1)8-13-11-6-3-7-14-12(10)11/h1-5,7-8H,6H2. The molecule has 0 atom stereocenters. The van der Waals surface area contributed by atoms with Gasteiger partial charge in [0.2, 0.25) is 0 Å². The minimum absolute atomic E-state index is 0.861. The summed E-state index contributed by atoms with van der Waals surface area (Å²) in [6, 6.07) is 8.14. The fourth-order valence-electron chi connectivity index (χ4n) is 1.73. The quantitative estimate of drug-likeness (QED) is 0.626. The van der Waals surface area contributed by atoms with Crippen LogP contribution in [0.1, 0.15) is 5.69 Å². The zero-order valence-electron chi connectivity index (χ0n) is 7.60. The Hall–Kier alpha value is -1.83. The van der Waals surface area contributed by atoms with Crippen molar-refractivity contribution in [1.82, 2.24) is 4.98 Å². The van der Waals surface area contributed by atoms with E-state index in [0.29, 0.717) is 0 Å². The monoisotopic (exact) mass is 183 g/mol. The van der Waals surface area contributed by atoms with Gasteiger partial charge in [0, 0.05) is 23.4 Å². The van der Waals surface area contributed by atoms with E-state index in [9.17, 15) is 0 Å². The van der Waals surface area contributed by atoms with Crippen LogP contribution in [0.4, 0.5) is 0 Å². The van der Waals surface area contributed by atoms with E-state index >= 15 is 0 Å². The van der Waals surface area contributed by atoms with Crippen LogP contribution in [-0.2, 0) is 6.42 Å². The molecule has 1 aromatic carbocycles. The van der Waals surface area contributed by atoms with Gasteiger partial charge in [-0.1, -0.05) is 24.3 Å². The average Bonchev–Trinajstić information content (AvgIpc) is 2.29. The first kappa shape index (κ1) is 7.56. The normalized spacial score (nSPS) is 13.7. The maximum Gasteiger partial charge on any atom is 0.156 e. The molecule has 0 spiro atoms. The zero-order chi connectivity index (χ0) is 9.38. The molecule has 0 amide bonds. The fourth-order valence-corrected chi connectivity index (χ4v) is 1.73. The van der Waals surface area contributed by atoms with Crippen molar-refractivity contribution in [3.63, 3.8) is 0 Å². The summed E-state index contributed by atoms with van der Waals surface area (Å²) in [5.41, 5.74) is 1.02. The Morgan fingerprint density at radius 3 is 3.14 bits per heavy atom. The van der Waals surface area contributed by atoms with Gasteiger partial charge < -0.3 is 4.74 Å². The van der Waals surface area contributed by atoms with Crippen molar-refractivity contribution in [2.24, 2.45) is 0 Å². The molecule has 68 valence electrons. The van der Waals surface area contributed by atoms with Crippen LogP contribution in [0.25, 0.3) is 10.8 Å². The third-order valence-electron chi connectivity index (χ3n) is 2.42. The maximum absolute atomic E-state index is 5.49. The van der Waals surface area contributed by atoms with Gasteiger partial charge in [-0.25, -0.2) is 0 Å². The molecule has 1 aromatic heterocycles. The first-order valence-corrected chi connectivity index (χ1v) is 4.63. The first-order chi connectivity index (χ1) is 6.95. The Morgan fingerprint density at radius 1 is 1.21 bits per heavy atom. The van der Waals surface area contributed by atoms with Crippen LogP contribution in [0, 0.1) is 0 Å². The van der Waals surface area contributed by atoms with Crippen LogP contribution in [-0.4, -0.2) is 4.98 Å². The van der Waals surface area contributed by atoms with Crippen molar-refractivity contribution in [2.75, 3.05) is 0 Å². The minimum atomic E-state index is 0.861. The number of benzene rings is 1. The number of ether oxygens (including phenoxy) is 1. The zero-order valence-corrected chi connectivity index (χ0v) is 7.60. The Balaban J connectivity index is 2.37. The van der Waals surface area contributed by atoms with E-state index in [1.807, 2.05) is 30.5 Å². The van der Waals surface area contributed by atoms with E-state index in [0.717, 1.165) is 28.6 Å². The second-order valence-corrected chi connectivity index (χ2v) is 3.32. The lowest BCUT2D eigenvalue weighted by Crippen LogP contribution is -1.99. The number of pyridine rings is 1. The largest absolute Gasteiger partial charge is 0.463 e. The molecule has 0 bridgehead atoms. The molecule has 14 heavy (non-hydrogen) atoms. The van der Waals surface area contributed by atoms with Crippen molar-refractivity contribution in [2.45, 2.75) is 6.42 Å². The molecule has 2 aromatic rings. The lowest BCUT2D eigenvalue weighted by atomic mass is 10.1. The Morgan fingerprint density at radius 2 is 2.14 bits per heavy atom. The van der Waals surface area contributed by atoms with Gasteiger partial charge >= 0.3 is 0 Å². The van der Waals surface area contributed by atoms with Crippen molar-refractivity contribution in [3.05, 3.63) is 48.5 Å². The SMILES string of the molecule is C1=COc2c(ncc3ccccc23)C1. The van der Waals surface area contributed by atoms with Crippen LogP contribution in [0.5, 0.6) is 5.75 Å². The number of hydrogen-bond acceptors (Lipinski definition) is 2. The summed E-state index contributed by atoms with van der Waals surface area (Å²) in [5, 5.41) is 2.27. The molecule has 3 rings (SSSR count). The van der Waals surface area contributed by atoms with Gasteiger partial charge in [-0.3, -0.25) is 4.98 Å². The predicted octanol–water partition coefficient (Wildman–Crippen LogP) is 2.68. The summed E-state index contributed by atoms with van der Waals surface area (Å²) in [5.74, 6) is 0.908. The van der Waals surface area contributed by atoms with Gasteiger partial charge in [0.25, 0.3) is 0 Å². The highest BCUT2D eigenvalue weighted by atomic mass is 16.5. The third-order valence-corrected chi connectivity index (χ3v) is 2.42. The topological polar surface area (TPSA) is 22.1 Å². The second-order valence-electron chi connectivity index (χ2n) is 3.32. The summed E-state index contributed by atoms with van der Waals surface area (Å²) in [6.45, 7) is 0. The van der Waals surface area contributed by atoms with Crippen LogP contribution >= 0.6 is 0 Å². The van der Waals surface area contributed by atoms with E-state index in [2.05, 4.69) is 11.1 Å². The molecule has 0 fully saturated rings. The molecular formula is C12H9NO. The molecule has 1 aliphatic rings. The van der Waals surface area contributed by atoms with E-state index in [4.69, 9.17) is 4.74 Å². The van der Waals surface area contributed by atoms with Crippen molar-refractivity contribution in [1.29, 1.82) is 0 Å². The summed E-state index contributed by atoms with van der Waals surface area (Å²) in [4.78, 5) is 4.37. The van der Waals surface area contributed by atoms with E-state index < -0.39 is 0 Å². The highest BCUT2D eigenvalue weighted by Crippen LogP contribution is 2.30. The molecule has 0 saturated carbocycles.